The first kappa shape index (κ1) is 29.3. The summed E-state index contributed by atoms with van der Waals surface area (Å²) in [6, 6.07) is 19.3. The molecule has 3 aromatic carbocycles. The molecule has 1 N–H and O–H groups in total. The maximum absolute atomic E-state index is 12.3. The molecule has 0 aliphatic rings. The molecule has 2 atom stereocenters. The minimum Gasteiger partial charge on any atom is -0.505 e. The minimum atomic E-state index is -0.628. The van der Waals surface area contributed by atoms with Crippen molar-refractivity contribution in [2.75, 3.05) is 0 Å². The molecule has 1 heterocycles. The van der Waals surface area contributed by atoms with Gasteiger partial charge >= 0.3 is 5.97 Å². The molecule has 0 fully saturated rings. The summed E-state index contributed by atoms with van der Waals surface area (Å²) in [5.74, 6) is -0.397. The van der Waals surface area contributed by atoms with Crippen LogP contribution < -0.4 is 0 Å². The van der Waals surface area contributed by atoms with E-state index in [1.54, 1.807) is 18.2 Å². The van der Waals surface area contributed by atoms with Crippen molar-refractivity contribution in [3.8, 4) is 11.4 Å². The molecule has 0 aliphatic carbocycles. The van der Waals surface area contributed by atoms with E-state index >= 15 is 0 Å². The predicted molar refractivity (Wildman–Crippen MR) is 161 cm³/mol. The second-order valence-corrected chi connectivity index (χ2v) is 12.9. The maximum atomic E-state index is 12.3. The van der Waals surface area contributed by atoms with Crippen molar-refractivity contribution in [3.05, 3.63) is 95.0 Å². The quantitative estimate of drug-likeness (QED) is 0.175. The number of ether oxygens (including phenoxy) is 1. The van der Waals surface area contributed by atoms with Gasteiger partial charge < -0.3 is 9.84 Å². The molecule has 0 aliphatic heterocycles. The molecule has 4 rings (SSSR count). The number of benzene rings is 3. The van der Waals surface area contributed by atoms with Gasteiger partial charge in [-0.05, 0) is 54.2 Å². The van der Waals surface area contributed by atoms with E-state index < -0.39 is 22.9 Å². The second kappa shape index (κ2) is 10.7. The molecule has 0 radical (unpaired) electrons. The molecular formula is C33H38ClN3O3. The SMILES string of the molecule is C=CC(=O)OC(C)C(C)(CC(C)(C)C)c1cc(-n2nc3ccc(Cl)cc3n2)c(O)c(C(C)(C)c2ccccc2)c1. The van der Waals surface area contributed by atoms with Gasteiger partial charge in [-0.1, -0.05) is 96.1 Å². The molecule has 40 heavy (non-hydrogen) atoms. The summed E-state index contributed by atoms with van der Waals surface area (Å²) in [6.07, 6.45) is 1.39. The van der Waals surface area contributed by atoms with E-state index in [4.69, 9.17) is 16.3 Å². The standard InChI is InChI=1S/C33H38ClN3O3/c1-9-29(38)40-21(2)33(8,20-31(3,4)5)23-17-25(32(6,7)22-13-11-10-12-14-22)30(39)28(18-23)37-35-26-16-15-24(34)19-27(26)36-37/h9-19,21,39H,1,20H2,2-8H3. The average Bonchev–Trinajstić information content (AvgIpc) is 3.30. The van der Waals surface area contributed by atoms with Crippen LogP contribution in [0.25, 0.3) is 16.7 Å². The Morgan fingerprint density at radius 2 is 1.65 bits per heavy atom. The summed E-state index contributed by atoms with van der Waals surface area (Å²) in [5, 5.41) is 21.7. The fourth-order valence-corrected chi connectivity index (χ4v) is 5.68. The number of nitrogens with zero attached hydrogens (tertiary/aromatic N) is 3. The van der Waals surface area contributed by atoms with Crippen LogP contribution in [0.5, 0.6) is 5.75 Å². The third-order valence-electron chi connectivity index (χ3n) is 7.73. The lowest BCUT2D eigenvalue weighted by molar-refractivity contribution is -0.146. The van der Waals surface area contributed by atoms with Crippen molar-refractivity contribution in [2.45, 2.75) is 71.8 Å². The first-order valence-electron chi connectivity index (χ1n) is 13.5. The van der Waals surface area contributed by atoms with Crippen LogP contribution in [0.2, 0.25) is 5.02 Å². The number of hydrogen-bond acceptors (Lipinski definition) is 5. The summed E-state index contributed by atoms with van der Waals surface area (Å²) < 4.78 is 5.84. The van der Waals surface area contributed by atoms with Crippen LogP contribution in [0.15, 0.2) is 73.3 Å². The van der Waals surface area contributed by atoms with Crippen molar-refractivity contribution >= 4 is 28.6 Å². The van der Waals surface area contributed by atoms with Crippen molar-refractivity contribution < 1.29 is 14.6 Å². The normalized spacial score (nSPS) is 14.5. The molecule has 4 aromatic rings. The molecule has 0 saturated carbocycles. The molecule has 0 amide bonds. The van der Waals surface area contributed by atoms with Gasteiger partial charge in [0, 0.05) is 27.5 Å². The predicted octanol–water partition coefficient (Wildman–Crippen LogP) is 7.92. The highest BCUT2D eigenvalue weighted by Gasteiger charge is 2.41. The number of hydrogen-bond donors (Lipinski definition) is 1. The fourth-order valence-electron chi connectivity index (χ4n) is 5.52. The lowest BCUT2D eigenvalue weighted by Crippen LogP contribution is -2.41. The van der Waals surface area contributed by atoms with E-state index in [0.29, 0.717) is 33.7 Å². The Kier molecular flexibility index (Phi) is 7.88. The van der Waals surface area contributed by atoms with Crippen LogP contribution in [0.4, 0.5) is 0 Å². The Hall–Kier alpha value is -3.64. The van der Waals surface area contributed by atoms with Crippen molar-refractivity contribution in [3.63, 3.8) is 0 Å². The van der Waals surface area contributed by atoms with Gasteiger partial charge in [-0.3, -0.25) is 0 Å². The third kappa shape index (κ3) is 5.78. The van der Waals surface area contributed by atoms with Gasteiger partial charge in [0.2, 0.25) is 0 Å². The number of carbonyl (C=O) groups is 1. The number of phenols is 1. The third-order valence-corrected chi connectivity index (χ3v) is 7.97. The topological polar surface area (TPSA) is 77.2 Å². The minimum absolute atomic E-state index is 0.0813. The Labute approximate surface area is 241 Å². The van der Waals surface area contributed by atoms with Crippen molar-refractivity contribution in [1.82, 2.24) is 15.0 Å². The molecule has 2 unspecified atom stereocenters. The zero-order valence-electron chi connectivity index (χ0n) is 24.3. The number of esters is 1. The zero-order chi connectivity index (χ0) is 29.5. The van der Waals surface area contributed by atoms with Crippen LogP contribution in [0.1, 0.15) is 71.6 Å². The number of fused-ring (bicyclic) bond motifs is 1. The van der Waals surface area contributed by atoms with E-state index in [1.807, 2.05) is 37.3 Å². The number of rotatable bonds is 8. The summed E-state index contributed by atoms with van der Waals surface area (Å²) in [5.41, 5.74) is 3.06. The van der Waals surface area contributed by atoms with E-state index in [0.717, 1.165) is 11.1 Å². The van der Waals surface area contributed by atoms with Crippen LogP contribution in [-0.4, -0.2) is 32.2 Å². The molecule has 0 saturated heterocycles. The zero-order valence-corrected chi connectivity index (χ0v) is 25.1. The monoisotopic (exact) mass is 559 g/mol. The smallest absolute Gasteiger partial charge is 0.330 e. The first-order valence-corrected chi connectivity index (χ1v) is 13.8. The Morgan fingerprint density at radius 1 is 1.00 bits per heavy atom. The molecule has 6 nitrogen and oxygen atoms in total. The van der Waals surface area contributed by atoms with E-state index in [-0.39, 0.29) is 11.2 Å². The summed E-state index contributed by atoms with van der Waals surface area (Å²) in [4.78, 5) is 13.8. The largest absolute Gasteiger partial charge is 0.505 e. The highest BCUT2D eigenvalue weighted by molar-refractivity contribution is 6.31. The Balaban J connectivity index is 2.03. The average molecular weight is 560 g/mol. The summed E-state index contributed by atoms with van der Waals surface area (Å²) >= 11 is 6.22. The number of halogens is 1. The van der Waals surface area contributed by atoms with E-state index in [9.17, 15) is 9.90 Å². The van der Waals surface area contributed by atoms with Crippen LogP contribution in [0, 0.1) is 5.41 Å². The number of phenolic OH excluding ortho intramolecular Hbond substituents is 1. The summed E-state index contributed by atoms with van der Waals surface area (Å²) in [7, 11) is 0. The molecular weight excluding hydrogens is 522 g/mol. The molecule has 210 valence electrons. The van der Waals surface area contributed by atoms with Gasteiger partial charge in [-0.25, -0.2) is 4.79 Å². The molecule has 0 spiro atoms. The van der Waals surface area contributed by atoms with Crippen molar-refractivity contribution in [1.29, 1.82) is 0 Å². The lowest BCUT2D eigenvalue weighted by atomic mass is 9.66. The van der Waals surface area contributed by atoms with Gasteiger partial charge in [-0.2, -0.15) is 0 Å². The lowest BCUT2D eigenvalue weighted by Gasteiger charge is -2.41. The van der Waals surface area contributed by atoms with Crippen LogP contribution in [0.3, 0.4) is 0 Å². The number of aromatic nitrogens is 3. The van der Waals surface area contributed by atoms with Gasteiger partial charge in [-0.15, -0.1) is 15.0 Å². The second-order valence-electron chi connectivity index (χ2n) is 12.4. The van der Waals surface area contributed by atoms with Gasteiger partial charge in [0.05, 0.1) is 0 Å². The molecule has 0 bridgehead atoms. The number of carbonyl (C=O) groups excluding carboxylic acids is 1. The first-order chi connectivity index (χ1) is 18.7. The van der Waals surface area contributed by atoms with Crippen LogP contribution in [-0.2, 0) is 20.4 Å². The Bertz CT molecular complexity index is 1550. The van der Waals surface area contributed by atoms with E-state index in [2.05, 4.69) is 70.5 Å². The highest BCUT2D eigenvalue weighted by atomic mass is 35.5. The van der Waals surface area contributed by atoms with E-state index in [1.165, 1.54) is 10.9 Å². The molecule has 1 aromatic heterocycles. The van der Waals surface area contributed by atoms with Gasteiger partial charge in [0.15, 0.2) is 0 Å². The van der Waals surface area contributed by atoms with Gasteiger partial charge in [0.25, 0.3) is 0 Å². The maximum Gasteiger partial charge on any atom is 0.330 e. The van der Waals surface area contributed by atoms with Crippen LogP contribution >= 0.6 is 11.6 Å². The Morgan fingerprint density at radius 3 is 2.27 bits per heavy atom. The van der Waals surface area contributed by atoms with Gasteiger partial charge in [0.1, 0.15) is 28.6 Å². The number of aromatic hydroxyl groups is 1. The molecule has 7 heteroatoms. The van der Waals surface area contributed by atoms with Crippen molar-refractivity contribution in [2.24, 2.45) is 5.41 Å². The fraction of sp³-hybridized carbons (Fsp3) is 0.364. The highest BCUT2D eigenvalue weighted by Crippen LogP contribution is 2.46. The summed E-state index contributed by atoms with van der Waals surface area (Å²) in [6.45, 7) is 18.2.